The Morgan fingerprint density at radius 2 is 2.31 bits per heavy atom. The van der Waals surface area contributed by atoms with Crippen LogP contribution in [-0.4, -0.2) is 12.6 Å². The monoisotopic (exact) mass is 349 g/mol. The summed E-state index contributed by atoms with van der Waals surface area (Å²) in [4.78, 5) is 11.4. The van der Waals surface area contributed by atoms with Gasteiger partial charge in [-0.1, -0.05) is 11.6 Å². The van der Waals surface area contributed by atoms with Crippen molar-refractivity contribution in [3.05, 3.63) is 31.9 Å². The molecule has 0 spiro atoms. The van der Waals surface area contributed by atoms with Gasteiger partial charge in [-0.2, -0.15) is 5.26 Å². The third-order valence-corrected chi connectivity index (χ3v) is 3.20. The number of ether oxygens (including phenoxy) is 1. The second kappa shape index (κ2) is 6.06. The molecule has 0 aliphatic rings. The molecule has 0 bridgehead atoms. The van der Waals surface area contributed by atoms with Gasteiger partial charge in [0.2, 0.25) is 0 Å². The zero-order chi connectivity index (χ0) is 12.1. The number of hydrogen-bond donors (Lipinski definition) is 0. The first-order valence-electron chi connectivity index (χ1n) is 4.62. The molecule has 3 nitrogen and oxygen atoms in total. The number of halogens is 2. The van der Waals surface area contributed by atoms with Gasteiger partial charge in [0.1, 0.15) is 6.07 Å². The van der Waals surface area contributed by atoms with Gasteiger partial charge in [-0.25, -0.2) is 0 Å². The average Bonchev–Trinajstić information content (AvgIpc) is 2.24. The van der Waals surface area contributed by atoms with Crippen molar-refractivity contribution in [1.82, 2.24) is 0 Å². The number of benzene rings is 1. The lowest BCUT2D eigenvalue weighted by Gasteiger charge is -2.07. The third-order valence-electron chi connectivity index (χ3n) is 1.94. The van der Waals surface area contributed by atoms with E-state index in [-0.39, 0.29) is 12.4 Å². The molecule has 16 heavy (non-hydrogen) atoms. The van der Waals surface area contributed by atoms with Crippen LogP contribution in [0.15, 0.2) is 12.1 Å². The Bertz CT molecular complexity index is 454. The van der Waals surface area contributed by atoms with Crippen molar-refractivity contribution >= 4 is 40.2 Å². The summed E-state index contributed by atoms with van der Waals surface area (Å²) in [5.74, 6) is -0.372. The van der Waals surface area contributed by atoms with Gasteiger partial charge in [0, 0.05) is 14.2 Å². The summed E-state index contributed by atoms with van der Waals surface area (Å²) >= 11 is 8.00. The Hall–Kier alpha value is -0.800. The molecule has 0 N–H and O–H groups in total. The number of hydrogen-bond acceptors (Lipinski definition) is 3. The molecule has 0 amide bonds. The molecule has 0 unspecified atom stereocenters. The molecule has 1 aromatic carbocycles. The molecule has 0 saturated heterocycles. The highest BCUT2D eigenvalue weighted by atomic mass is 127. The standard InChI is InChI=1S/C11H9ClINO2/c1-2-16-11(15)5-7-8(6-14)10(13)4-3-9(7)12/h3-4H,2,5H2,1H3. The molecule has 1 aromatic rings. The predicted octanol–water partition coefficient (Wildman–Crippen LogP) is 2.92. The first-order valence-corrected chi connectivity index (χ1v) is 6.08. The zero-order valence-electron chi connectivity index (χ0n) is 8.59. The van der Waals surface area contributed by atoms with Crippen LogP contribution >= 0.6 is 34.2 Å². The van der Waals surface area contributed by atoms with Crippen molar-refractivity contribution in [2.24, 2.45) is 0 Å². The van der Waals surface area contributed by atoms with Crippen molar-refractivity contribution < 1.29 is 9.53 Å². The largest absolute Gasteiger partial charge is 0.466 e. The summed E-state index contributed by atoms with van der Waals surface area (Å²) in [6.07, 6.45) is 0.0341. The average molecular weight is 350 g/mol. The Kier molecular flexibility index (Phi) is 5.03. The van der Waals surface area contributed by atoms with Crippen LogP contribution < -0.4 is 0 Å². The van der Waals surface area contributed by atoms with Crippen molar-refractivity contribution in [3.8, 4) is 6.07 Å². The minimum atomic E-state index is -0.372. The second-order valence-corrected chi connectivity index (χ2v) is 4.55. The fourth-order valence-electron chi connectivity index (χ4n) is 1.24. The minimum Gasteiger partial charge on any atom is -0.466 e. The van der Waals surface area contributed by atoms with Crippen LogP contribution in [-0.2, 0) is 16.0 Å². The lowest BCUT2D eigenvalue weighted by molar-refractivity contribution is -0.142. The summed E-state index contributed by atoms with van der Waals surface area (Å²) in [5, 5.41) is 9.42. The third kappa shape index (κ3) is 3.09. The van der Waals surface area contributed by atoms with Crippen LogP contribution in [0.4, 0.5) is 0 Å². The summed E-state index contributed by atoms with van der Waals surface area (Å²) in [5.41, 5.74) is 0.982. The smallest absolute Gasteiger partial charge is 0.310 e. The van der Waals surface area contributed by atoms with Gasteiger partial charge >= 0.3 is 5.97 Å². The fourth-order valence-corrected chi connectivity index (χ4v) is 2.09. The molecule has 5 heteroatoms. The highest BCUT2D eigenvalue weighted by Gasteiger charge is 2.14. The molecule has 0 saturated carbocycles. The molecule has 1 rings (SSSR count). The normalized spacial score (nSPS) is 9.62. The zero-order valence-corrected chi connectivity index (χ0v) is 11.5. The van der Waals surface area contributed by atoms with Gasteiger partial charge in [0.25, 0.3) is 0 Å². The molecular formula is C11H9ClINO2. The van der Waals surface area contributed by atoms with E-state index in [1.807, 2.05) is 22.6 Å². The van der Waals surface area contributed by atoms with Gasteiger partial charge < -0.3 is 4.74 Å². The molecule has 0 atom stereocenters. The van der Waals surface area contributed by atoms with Crippen molar-refractivity contribution in [1.29, 1.82) is 5.26 Å². The molecule has 0 heterocycles. The minimum absolute atomic E-state index is 0.0341. The molecule has 0 aromatic heterocycles. The molecule has 0 aliphatic carbocycles. The van der Waals surface area contributed by atoms with Gasteiger partial charge in [-0.05, 0) is 41.6 Å². The number of nitrogens with zero attached hydrogens (tertiary/aromatic N) is 1. The Morgan fingerprint density at radius 3 is 2.88 bits per heavy atom. The van der Waals surface area contributed by atoms with E-state index >= 15 is 0 Å². The molecule has 0 aliphatic heterocycles. The van der Waals surface area contributed by atoms with E-state index in [1.54, 1.807) is 19.1 Å². The van der Waals surface area contributed by atoms with Crippen LogP contribution in [0.25, 0.3) is 0 Å². The fraction of sp³-hybridized carbons (Fsp3) is 0.273. The van der Waals surface area contributed by atoms with Crippen LogP contribution in [0.5, 0.6) is 0 Å². The first-order chi connectivity index (χ1) is 7.60. The van der Waals surface area contributed by atoms with E-state index in [0.29, 0.717) is 22.8 Å². The Balaban J connectivity index is 3.08. The lowest BCUT2D eigenvalue weighted by Crippen LogP contribution is -2.09. The molecule has 0 radical (unpaired) electrons. The molecule has 0 fully saturated rings. The van der Waals surface area contributed by atoms with Crippen molar-refractivity contribution in [3.63, 3.8) is 0 Å². The van der Waals surface area contributed by atoms with Crippen LogP contribution in [0.3, 0.4) is 0 Å². The number of carbonyl (C=O) groups is 1. The molecular weight excluding hydrogens is 340 g/mol. The second-order valence-electron chi connectivity index (χ2n) is 2.98. The summed E-state index contributed by atoms with van der Waals surface area (Å²) in [6, 6.07) is 5.48. The van der Waals surface area contributed by atoms with E-state index in [9.17, 15) is 4.79 Å². The highest BCUT2D eigenvalue weighted by molar-refractivity contribution is 14.1. The highest BCUT2D eigenvalue weighted by Crippen LogP contribution is 2.25. The number of carbonyl (C=O) groups excluding carboxylic acids is 1. The summed E-state index contributed by atoms with van der Waals surface area (Å²) in [6.45, 7) is 2.06. The number of rotatable bonds is 3. The van der Waals surface area contributed by atoms with Gasteiger partial charge in [0.15, 0.2) is 0 Å². The van der Waals surface area contributed by atoms with Crippen LogP contribution in [0.1, 0.15) is 18.1 Å². The van der Waals surface area contributed by atoms with Gasteiger partial charge in [-0.3, -0.25) is 4.79 Å². The van der Waals surface area contributed by atoms with Crippen LogP contribution in [0, 0.1) is 14.9 Å². The summed E-state index contributed by atoms with van der Waals surface area (Å²) in [7, 11) is 0. The van der Waals surface area contributed by atoms with E-state index in [2.05, 4.69) is 6.07 Å². The maximum Gasteiger partial charge on any atom is 0.310 e. The van der Waals surface area contributed by atoms with Gasteiger partial charge in [0.05, 0.1) is 18.6 Å². The van der Waals surface area contributed by atoms with Crippen LogP contribution in [0.2, 0.25) is 5.02 Å². The van der Waals surface area contributed by atoms with E-state index in [1.165, 1.54) is 0 Å². The molecule has 84 valence electrons. The Labute approximate surface area is 112 Å². The lowest BCUT2D eigenvalue weighted by atomic mass is 10.1. The van der Waals surface area contributed by atoms with E-state index in [4.69, 9.17) is 21.6 Å². The maximum atomic E-state index is 11.4. The SMILES string of the molecule is CCOC(=O)Cc1c(Cl)ccc(I)c1C#N. The summed E-state index contributed by atoms with van der Waals surface area (Å²) < 4.78 is 5.61. The number of esters is 1. The quantitative estimate of drug-likeness (QED) is 0.623. The Morgan fingerprint density at radius 1 is 1.62 bits per heavy atom. The van der Waals surface area contributed by atoms with E-state index in [0.717, 1.165) is 3.57 Å². The topological polar surface area (TPSA) is 50.1 Å². The first kappa shape index (κ1) is 13.3. The van der Waals surface area contributed by atoms with Gasteiger partial charge in [-0.15, -0.1) is 0 Å². The van der Waals surface area contributed by atoms with E-state index < -0.39 is 0 Å². The van der Waals surface area contributed by atoms with Crippen molar-refractivity contribution in [2.45, 2.75) is 13.3 Å². The maximum absolute atomic E-state index is 11.4. The number of nitriles is 1. The van der Waals surface area contributed by atoms with Crippen molar-refractivity contribution in [2.75, 3.05) is 6.61 Å². The predicted molar refractivity (Wildman–Crippen MR) is 69.2 cm³/mol.